The molecule has 0 spiro atoms. The highest BCUT2D eigenvalue weighted by Crippen LogP contribution is 2.30. The highest BCUT2D eigenvalue weighted by atomic mass is 16.5. The molecule has 0 saturated heterocycles. The normalized spacial score (nSPS) is 10.7. The molecule has 0 saturated carbocycles. The van der Waals surface area contributed by atoms with Gasteiger partial charge in [0, 0.05) is 16.8 Å². The molecule has 4 aromatic rings. The predicted octanol–water partition coefficient (Wildman–Crippen LogP) is 3.12. The van der Waals surface area contributed by atoms with E-state index in [1.807, 2.05) is 30.3 Å². The van der Waals surface area contributed by atoms with Gasteiger partial charge in [0.05, 0.1) is 0 Å². The van der Waals surface area contributed by atoms with Crippen molar-refractivity contribution >= 4 is 28.5 Å². The molecule has 7 heteroatoms. The lowest BCUT2D eigenvalue weighted by atomic mass is 10.1. The van der Waals surface area contributed by atoms with E-state index in [1.54, 1.807) is 24.3 Å². The third-order valence-corrected chi connectivity index (χ3v) is 3.75. The van der Waals surface area contributed by atoms with E-state index >= 15 is 0 Å². The van der Waals surface area contributed by atoms with Crippen LogP contribution in [-0.2, 0) is 0 Å². The number of nitrogens with one attached hydrogen (secondary N) is 1. The lowest BCUT2D eigenvalue weighted by molar-refractivity contribution is 0.102. The Bertz CT molecular complexity index is 1040. The number of nitrogens with zero attached hydrogens (tertiary/aromatic N) is 3. The van der Waals surface area contributed by atoms with Crippen LogP contribution in [0.3, 0.4) is 0 Å². The van der Waals surface area contributed by atoms with Crippen LogP contribution in [0.15, 0.2) is 65.4 Å². The summed E-state index contributed by atoms with van der Waals surface area (Å²) in [4.78, 5) is 20.1. The van der Waals surface area contributed by atoms with Crippen LogP contribution in [0.5, 0.6) is 0 Å². The van der Waals surface area contributed by atoms with Crippen LogP contribution in [0, 0.1) is 0 Å². The smallest absolute Gasteiger partial charge is 0.263 e. The first-order valence-electron chi connectivity index (χ1n) is 7.55. The van der Waals surface area contributed by atoms with Gasteiger partial charge in [-0.05, 0) is 24.3 Å². The Morgan fingerprint density at radius 3 is 2.52 bits per heavy atom. The summed E-state index contributed by atoms with van der Waals surface area (Å²) >= 11 is 0. The van der Waals surface area contributed by atoms with Gasteiger partial charge in [-0.25, -0.2) is 4.98 Å². The Labute approximate surface area is 142 Å². The molecule has 0 aliphatic heterocycles. The summed E-state index contributed by atoms with van der Waals surface area (Å²) in [7, 11) is 0. The van der Waals surface area contributed by atoms with Crippen molar-refractivity contribution in [3.63, 3.8) is 0 Å². The van der Waals surface area contributed by atoms with Crippen molar-refractivity contribution in [1.82, 2.24) is 15.1 Å². The van der Waals surface area contributed by atoms with Gasteiger partial charge < -0.3 is 15.6 Å². The maximum absolute atomic E-state index is 12.2. The van der Waals surface area contributed by atoms with E-state index in [1.165, 1.54) is 6.33 Å². The Morgan fingerprint density at radius 2 is 1.76 bits per heavy atom. The average molecular weight is 331 g/mol. The number of benzene rings is 2. The minimum Gasteiger partial charge on any atom is -0.383 e. The quantitative estimate of drug-likeness (QED) is 0.597. The van der Waals surface area contributed by atoms with Crippen molar-refractivity contribution in [2.75, 3.05) is 11.1 Å². The lowest BCUT2D eigenvalue weighted by Gasteiger charge is -2.06. The minimum atomic E-state index is -0.169. The van der Waals surface area contributed by atoms with E-state index < -0.39 is 0 Å². The highest BCUT2D eigenvalue weighted by molar-refractivity contribution is 6.04. The summed E-state index contributed by atoms with van der Waals surface area (Å²) in [5.74, 6) is 0.139. The zero-order valence-electron chi connectivity index (χ0n) is 13.0. The van der Waals surface area contributed by atoms with Crippen LogP contribution in [-0.4, -0.2) is 21.0 Å². The summed E-state index contributed by atoms with van der Waals surface area (Å²) in [6.07, 6.45) is 1.33. The number of fused-ring (bicyclic) bond motifs is 1. The Balaban J connectivity index is 1.61. The Kier molecular flexibility index (Phi) is 3.59. The summed E-state index contributed by atoms with van der Waals surface area (Å²) in [5.41, 5.74) is 8.85. The van der Waals surface area contributed by atoms with E-state index in [2.05, 4.69) is 20.4 Å². The second kappa shape index (κ2) is 6.04. The van der Waals surface area contributed by atoms with Gasteiger partial charge in [0.25, 0.3) is 11.6 Å². The number of nitrogen functional groups attached to an aromatic ring is 1. The molecule has 122 valence electrons. The van der Waals surface area contributed by atoms with E-state index in [0.29, 0.717) is 33.9 Å². The maximum atomic E-state index is 12.2. The average Bonchev–Trinajstić information content (AvgIpc) is 3.09. The molecule has 0 fully saturated rings. The van der Waals surface area contributed by atoms with Crippen LogP contribution >= 0.6 is 0 Å². The van der Waals surface area contributed by atoms with Crippen LogP contribution in [0.1, 0.15) is 10.4 Å². The maximum Gasteiger partial charge on any atom is 0.263 e. The monoisotopic (exact) mass is 331 g/mol. The van der Waals surface area contributed by atoms with Crippen molar-refractivity contribution in [2.45, 2.75) is 0 Å². The van der Waals surface area contributed by atoms with E-state index in [0.717, 1.165) is 5.56 Å². The molecule has 0 unspecified atom stereocenters. The number of rotatable bonds is 3. The molecule has 0 radical (unpaired) electrons. The zero-order valence-corrected chi connectivity index (χ0v) is 13.0. The molecule has 0 bridgehead atoms. The van der Waals surface area contributed by atoms with E-state index in [-0.39, 0.29) is 5.91 Å². The fraction of sp³-hybridized carbons (Fsp3) is 0. The fourth-order valence-electron chi connectivity index (χ4n) is 2.51. The van der Waals surface area contributed by atoms with Gasteiger partial charge in [0.15, 0.2) is 0 Å². The fourth-order valence-corrected chi connectivity index (χ4v) is 2.51. The van der Waals surface area contributed by atoms with Crippen LogP contribution in [0.2, 0.25) is 0 Å². The second-order valence-corrected chi connectivity index (χ2v) is 5.37. The SMILES string of the molecule is Nc1ncnc2onc(-c3ccc(NC(=O)c4ccccc4)cc3)c12. The third kappa shape index (κ3) is 2.78. The number of carbonyl (C=O) groups is 1. The molecule has 0 atom stereocenters. The molecule has 1 amide bonds. The second-order valence-electron chi connectivity index (χ2n) is 5.37. The van der Waals surface area contributed by atoms with Crippen LogP contribution in [0.25, 0.3) is 22.4 Å². The first-order valence-corrected chi connectivity index (χ1v) is 7.55. The first kappa shape index (κ1) is 14.8. The predicted molar refractivity (Wildman–Crippen MR) is 93.8 cm³/mol. The molecular weight excluding hydrogens is 318 g/mol. The summed E-state index contributed by atoms with van der Waals surface area (Å²) in [6, 6.07) is 16.2. The van der Waals surface area contributed by atoms with Gasteiger partial charge >= 0.3 is 0 Å². The lowest BCUT2D eigenvalue weighted by Crippen LogP contribution is -2.11. The first-order chi connectivity index (χ1) is 12.2. The van der Waals surface area contributed by atoms with Crippen LogP contribution < -0.4 is 11.1 Å². The molecule has 25 heavy (non-hydrogen) atoms. The minimum absolute atomic E-state index is 0.169. The molecule has 7 nitrogen and oxygen atoms in total. The number of aromatic nitrogens is 3. The standard InChI is InChI=1S/C18H13N5O2/c19-16-14-15(23-25-18(14)21-10-20-16)11-6-8-13(9-7-11)22-17(24)12-4-2-1-3-5-12/h1-10H,(H,22,24)(H2,19,20,21). The van der Waals surface area contributed by atoms with Crippen molar-refractivity contribution in [3.05, 3.63) is 66.5 Å². The van der Waals surface area contributed by atoms with Gasteiger partial charge in [0.2, 0.25) is 0 Å². The Hall–Kier alpha value is -3.74. The molecule has 0 aliphatic carbocycles. The van der Waals surface area contributed by atoms with E-state index in [4.69, 9.17) is 10.3 Å². The number of hydrogen-bond donors (Lipinski definition) is 2. The number of carbonyl (C=O) groups excluding carboxylic acids is 1. The van der Waals surface area contributed by atoms with Gasteiger partial charge in [-0.1, -0.05) is 35.5 Å². The van der Waals surface area contributed by atoms with E-state index in [9.17, 15) is 4.79 Å². The number of hydrogen-bond acceptors (Lipinski definition) is 6. The van der Waals surface area contributed by atoms with Crippen molar-refractivity contribution in [3.8, 4) is 11.3 Å². The molecule has 4 rings (SSSR count). The molecule has 2 aromatic heterocycles. The number of nitrogens with two attached hydrogens (primary N) is 1. The highest BCUT2D eigenvalue weighted by Gasteiger charge is 2.15. The largest absolute Gasteiger partial charge is 0.383 e. The van der Waals surface area contributed by atoms with Crippen molar-refractivity contribution in [1.29, 1.82) is 0 Å². The van der Waals surface area contributed by atoms with Crippen molar-refractivity contribution in [2.24, 2.45) is 0 Å². The molecular formula is C18H13N5O2. The molecule has 3 N–H and O–H groups in total. The Morgan fingerprint density at radius 1 is 1.00 bits per heavy atom. The van der Waals surface area contributed by atoms with Gasteiger partial charge in [0.1, 0.15) is 23.2 Å². The van der Waals surface area contributed by atoms with Crippen LogP contribution in [0.4, 0.5) is 11.5 Å². The summed E-state index contributed by atoms with van der Waals surface area (Å²) in [6.45, 7) is 0. The molecule has 2 aromatic carbocycles. The van der Waals surface area contributed by atoms with Gasteiger partial charge in [-0.2, -0.15) is 4.98 Å². The van der Waals surface area contributed by atoms with Gasteiger partial charge in [-0.15, -0.1) is 0 Å². The third-order valence-electron chi connectivity index (χ3n) is 3.75. The molecule has 2 heterocycles. The summed E-state index contributed by atoms with van der Waals surface area (Å²) < 4.78 is 5.19. The number of anilines is 2. The number of amides is 1. The van der Waals surface area contributed by atoms with Gasteiger partial charge in [-0.3, -0.25) is 4.79 Å². The topological polar surface area (TPSA) is 107 Å². The zero-order chi connectivity index (χ0) is 17.2. The van der Waals surface area contributed by atoms with Crippen molar-refractivity contribution < 1.29 is 9.32 Å². The summed E-state index contributed by atoms with van der Waals surface area (Å²) in [5, 5.41) is 7.44. The molecule has 0 aliphatic rings.